The zero-order chi connectivity index (χ0) is 31.3. The Morgan fingerprint density at radius 1 is 0.455 bits per heavy atom. The molecular weight excluding hydrogens is 532 g/mol. The Labute approximate surface area is 268 Å². The van der Waals surface area contributed by atoms with E-state index in [4.69, 9.17) is 11.5 Å². The first-order valence-corrected chi connectivity index (χ1v) is 17.3. The molecule has 2 atom stereocenters. The first-order chi connectivity index (χ1) is 21.4. The first kappa shape index (κ1) is 33.4. The fourth-order valence-corrected chi connectivity index (χ4v) is 7.00. The van der Waals surface area contributed by atoms with Gasteiger partial charge in [0.2, 0.25) is 0 Å². The molecule has 234 valence electrons. The minimum atomic E-state index is 0.439. The quantitative estimate of drug-likeness (QED) is 0.0952. The third kappa shape index (κ3) is 9.49. The summed E-state index contributed by atoms with van der Waals surface area (Å²) in [5.74, 6) is 0.878. The lowest BCUT2D eigenvalue weighted by Crippen LogP contribution is -2.03. The summed E-state index contributed by atoms with van der Waals surface area (Å²) in [6, 6.07) is 31.4. The third-order valence-corrected chi connectivity index (χ3v) is 9.60. The number of hydrogen-bond donors (Lipinski definition) is 2. The summed E-state index contributed by atoms with van der Waals surface area (Å²) in [6.45, 7) is 8.91. The van der Waals surface area contributed by atoms with Crippen molar-refractivity contribution in [2.24, 2.45) is 0 Å². The molecule has 2 nitrogen and oxygen atoms in total. The van der Waals surface area contributed by atoms with Gasteiger partial charge >= 0.3 is 0 Å². The van der Waals surface area contributed by atoms with Crippen molar-refractivity contribution in [1.82, 2.24) is 0 Å². The molecule has 0 aliphatic heterocycles. The molecule has 2 heteroatoms. The maximum atomic E-state index is 5.98. The van der Waals surface area contributed by atoms with Crippen LogP contribution in [0, 0.1) is 13.8 Å². The van der Waals surface area contributed by atoms with E-state index in [1.165, 1.54) is 109 Å². The van der Waals surface area contributed by atoms with Crippen LogP contribution in [0.5, 0.6) is 0 Å². The van der Waals surface area contributed by atoms with Crippen LogP contribution in [0.15, 0.2) is 84.9 Å². The molecule has 0 bridgehead atoms. The minimum Gasteiger partial charge on any atom is -0.399 e. The molecule has 0 saturated heterocycles. The monoisotopic (exact) mass is 588 g/mol. The van der Waals surface area contributed by atoms with Gasteiger partial charge in [-0.05, 0) is 121 Å². The van der Waals surface area contributed by atoms with Crippen LogP contribution >= 0.6 is 0 Å². The average molecular weight is 589 g/mol. The lowest BCUT2D eigenvalue weighted by Gasteiger charge is -2.19. The van der Waals surface area contributed by atoms with Crippen LogP contribution < -0.4 is 11.5 Å². The van der Waals surface area contributed by atoms with Crippen molar-refractivity contribution in [3.05, 3.63) is 129 Å². The predicted octanol–water partition coefficient (Wildman–Crippen LogP) is 11.5. The van der Waals surface area contributed by atoms with Crippen molar-refractivity contribution in [1.29, 1.82) is 0 Å². The fourth-order valence-electron chi connectivity index (χ4n) is 7.00. The van der Waals surface area contributed by atoms with E-state index in [0.717, 1.165) is 24.2 Å². The van der Waals surface area contributed by atoms with Gasteiger partial charge in [0.15, 0.2) is 0 Å². The summed E-state index contributed by atoms with van der Waals surface area (Å²) >= 11 is 0. The highest BCUT2D eigenvalue weighted by Crippen LogP contribution is 2.33. The van der Waals surface area contributed by atoms with Gasteiger partial charge in [-0.1, -0.05) is 113 Å². The zero-order valence-electron chi connectivity index (χ0n) is 27.9. The highest BCUT2D eigenvalue weighted by Gasteiger charge is 2.16. The Balaban J connectivity index is 1.08. The molecule has 0 amide bonds. The fraction of sp³-hybridized carbons (Fsp3) is 0.429. The van der Waals surface area contributed by atoms with Crippen LogP contribution in [0.2, 0.25) is 0 Å². The van der Waals surface area contributed by atoms with Crippen LogP contribution in [0.1, 0.15) is 134 Å². The summed E-state index contributed by atoms with van der Waals surface area (Å²) in [6.07, 6.45) is 15.3. The lowest BCUT2D eigenvalue weighted by atomic mass is 9.86. The van der Waals surface area contributed by atoms with E-state index in [2.05, 4.69) is 100 Å². The average Bonchev–Trinajstić information content (AvgIpc) is 3.02. The van der Waals surface area contributed by atoms with E-state index >= 15 is 0 Å². The SMILES string of the molecule is CCC(c1ccc(CCCCCCCCCCc2ccc(C(CC)c3ccc(N)cc3C)cc2)cc1)c1ccc(N)cc1C. The van der Waals surface area contributed by atoms with E-state index < -0.39 is 0 Å². The number of nitrogens with two attached hydrogens (primary N) is 2. The zero-order valence-corrected chi connectivity index (χ0v) is 27.9. The number of anilines is 2. The first-order valence-electron chi connectivity index (χ1n) is 17.3. The predicted molar refractivity (Wildman–Crippen MR) is 193 cm³/mol. The van der Waals surface area contributed by atoms with Crippen LogP contribution in [-0.4, -0.2) is 0 Å². The summed E-state index contributed by atoms with van der Waals surface area (Å²) in [5.41, 5.74) is 24.8. The van der Waals surface area contributed by atoms with Crippen molar-refractivity contribution in [3.8, 4) is 0 Å². The summed E-state index contributed by atoms with van der Waals surface area (Å²) in [5, 5.41) is 0. The molecule has 0 spiro atoms. The van der Waals surface area contributed by atoms with Gasteiger partial charge in [-0.25, -0.2) is 0 Å². The molecule has 0 aliphatic carbocycles. The van der Waals surface area contributed by atoms with Crippen LogP contribution in [0.3, 0.4) is 0 Å². The summed E-state index contributed by atoms with van der Waals surface area (Å²) in [4.78, 5) is 0. The summed E-state index contributed by atoms with van der Waals surface area (Å²) < 4.78 is 0. The number of rotatable bonds is 17. The molecular formula is C42H56N2. The molecule has 0 heterocycles. The Bertz CT molecular complexity index is 1310. The van der Waals surface area contributed by atoms with Gasteiger partial charge in [0.1, 0.15) is 0 Å². The second-order valence-electron chi connectivity index (χ2n) is 13.0. The normalized spacial score (nSPS) is 12.7. The van der Waals surface area contributed by atoms with Gasteiger partial charge in [0.05, 0.1) is 0 Å². The van der Waals surface area contributed by atoms with E-state index in [-0.39, 0.29) is 0 Å². The topological polar surface area (TPSA) is 52.0 Å². The lowest BCUT2D eigenvalue weighted by molar-refractivity contribution is 0.567. The van der Waals surface area contributed by atoms with Crippen LogP contribution in [0.25, 0.3) is 0 Å². The second-order valence-corrected chi connectivity index (χ2v) is 13.0. The number of aryl methyl sites for hydroxylation is 4. The molecule has 2 unspecified atom stereocenters. The van der Waals surface area contributed by atoms with Gasteiger partial charge in [-0.2, -0.15) is 0 Å². The van der Waals surface area contributed by atoms with E-state index in [1.807, 2.05) is 12.1 Å². The minimum absolute atomic E-state index is 0.439. The number of unbranched alkanes of at least 4 members (excludes halogenated alkanes) is 7. The van der Waals surface area contributed by atoms with Crippen molar-refractivity contribution < 1.29 is 0 Å². The highest BCUT2D eigenvalue weighted by molar-refractivity contribution is 5.49. The van der Waals surface area contributed by atoms with Gasteiger partial charge < -0.3 is 11.5 Å². The van der Waals surface area contributed by atoms with Gasteiger partial charge in [-0.3, -0.25) is 0 Å². The molecule has 0 aliphatic rings. The van der Waals surface area contributed by atoms with Gasteiger partial charge in [0, 0.05) is 23.2 Å². The Kier molecular flexibility index (Phi) is 13.0. The molecule has 0 aromatic heterocycles. The van der Waals surface area contributed by atoms with Crippen molar-refractivity contribution in [3.63, 3.8) is 0 Å². The maximum absolute atomic E-state index is 5.98. The van der Waals surface area contributed by atoms with E-state index in [0.29, 0.717) is 11.8 Å². The number of benzene rings is 4. The van der Waals surface area contributed by atoms with E-state index in [1.54, 1.807) is 0 Å². The molecule has 0 saturated carbocycles. The largest absolute Gasteiger partial charge is 0.399 e. The van der Waals surface area contributed by atoms with Gasteiger partial charge in [0.25, 0.3) is 0 Å². The molecule has 4 aromatic carbocycles. The molecule has 4 aromatic rings. The standard InChI is InChI=1S/C42H56N2/c1-5-39(41-27-25-37(43)29-31(41)3)35-21-17-33(18-22-35)15-13-11-9-7-8-10-12-14-16-34-19-23-36(24-20-34)40(6-2)42-28-26-38(44)30-32(42)4/h17-30,39-40H,5-16,43-44H2,1-4H3. The van der Waals surface area contributed by atoms with Crippen molar-refractivity contribution in [2.45, 2.75) is 117 Å². The Morgan fingerprint density at radius 2 is 0.795 bits per heavy atom. The Morgan fingerprint density at radius 3 is 1.11 bits per heavy atom. The Hall–Kier alpha value is -3.52. The number of nitrogen functional groups attached to an aromatic ring is 2. The highest BCUT2D eigenvalue weighted by atomic mass is 14.5. The van der Waals surface area contributed by atoms with Crippen LogP contribution in [0.4, 0.5) is 11.4 Å². The van der Waals surface area contributed by atoms with Gasteiger partial charge in [-0.15, -0.1) is 0 Å². The summed E-state index contributed by atoms with van der Waals surface area (Å²) in [7, 11) is 0. The van der Waals surface area contributed by atoms with Crippen molar-refractivity contribution in [2.75, 3.05) is 11.5 Å². The third-order valence-electron chi connectivity index (χ3n) is 9.60. The second kappa shape index (κ2) is 17.1. The molecule has 4 N–H and O–H groups in total. The molecule has 0 fully saturated rings. The molecule has 4 rings (SSSR count). The number of hydrogen-bond acceptors (Lipinski definition) is 2. The van der Waals surface area contributed by atoms with E-state index in [9.17, 15) is 0 Å². The smallest absolute Gasteiger partial charge is 0.0316 e. The maximum Gasteiger partial charge on any atom is 0.0316 e. The van der Waals surface area contributed by atoms with Crippen molar-refractivity contribution >= 4 is 11.4 Å². The van der Waals surface area contributed by atoms with Crippen LogP contribution in [-0.2, 0) is 12.8 Å². The molecule has 44 heavy (non-hydrogen) atoms. The molecule has 0 radical (unpaired) electrons.